The average molecular weight is 317 g/mol. The van der Waals surface area contributed by atoms with Gasteiger partial charge in [0.1, 0.15) is 11.5 Å². The molecule has 0 atom stereocenters. The van der Waals surface area contributed by atoms with Gasteiger partial charge in [0.2, 0.25) is 0 Å². The lowest BCUT2D eigenvalue weighted by molar-refractivity contribution is 0.0726. The number of hydrogen-bond donors (Lipinski definition) is 0. The normalized spacial score (nSPS) is 13.7. The topological polar surface area (TPSA) is 38.8 Å². The predicted octanol–water partition coefficient (Wildman–Crippen LogP) is 3.57. The lowest BCUT2D eigenvalue weighted by atomic mass is 10.1. The number of methoxy groups -OCH3 is 2. The molecule has 22 heavy (non-hydrogen) atoms. The number of carbonyl (C=O) groups is 1. The minimum atomic E-state index is 0.0215. The number of rotatable bonds is 6. The van der Waals surface area contributed by atoms with E-state index in [4.69, 9.17) is 9.47 Å². The molecule has 1 saturated carbocycles. The van der Waals surface area contributed by atoms with Gasteiger partial charge < -0.3 is 14.4 Å². The van der Waals surface area contributed by atoms with Gasteiger partial charge in [-0.05, 0) is 47.4 Å². The van der Waals surface area contributed by atoms with Crippen LogP contribution < -0.4 is 9.47 Å². The van der Waals surface area contributed by atoms with Gasteiger partial charge in [-0.3, -0.25) is 4.79 Å². The molecule has 0 bridgehead atoms. The number of nitrogens with zero attached hydrogens (tertiary/aromatic N) is 1. The van der Waals surface area contributed by atoms with Crippen LogP contribution in [0.5, 0.6) is 11.5 Å². The highest BCUT2D eigenvalue weighted by Gasteiger charge is 2.34. The van der Waals surface area contributed by atoms with Crippen LogP contribution in [-0.4, -0.2) is 31.1 Å². The van der Waals surface area contributed by atoms with Crippen LogP contribution in [0.1, 0.15) is 28.8 Å². The Morgan fingerprint density at radius 2 is 2.09 bits per heavy atom. The van der Waals surface area contributed by atoms with Gasteiger partial charge in [-0.15, -0.1) is 0 Å². The first-order valence-electron chi connectivity index (χ1n) is 7.27. The van der Waals surface area contributed by atoms with Gasteiger partial charge in [-0.2, -0.15) is 11.3 Å². The van der Waals surface area contributed by atoms with Crippen LogP contribution in [0, 0.1) is 0 Å². The molecule has 0 saturated heterocycles. The summed E-state index contributed by atoms with van der Waals surface area (Å²) in [6.45, 7) is 0.655. The van der Waals surface area contributed by atoms with Gasteiger partial charge >= 0.3 is 0 Å². The van der Waals surface area contributed by atoms with Crippen LogP contribution in [0.15, 0.2) is 35.0 Å². The standard InChI is InChI=1S/C17H19NO3S/c1-20-14-5-6-15(16(9-14)21-2)17(19)18(13-3-4-13)10-12-7-8-22-11-12/h5-9,11,13H,3-4,10H2,1-2H3. The third kappa shape index (κ3) is 3.09. The van der Waals surface area contributed by atoms with Crippen molar-refractivity contribution in [1.29, 1.82) is 0 Å². The Morgan fingerprint density at radius 1 is 1.27 bits per heavy atom. The van der Waals surface area contributed by atoms with Crippen LogP contribution in [0.25, 0.3) is 0 Å². The van der Waals surface area contributed by atoms with Crippen molar-refractivity contribution in [3.05, 3.63) is 46.2 Å². The van der Waals surface area contributed by atoms with E-state index in [2.05, 4.69) is 11.4 Å². The van der Waals surface area contributed by atoms with Crippen LogP contribution in [0.2, 0.25) is 0 Å². The van der Waals surface area contributed by atoms with E-state index in [-0.39, 0.29) is 5.91 Å². The Kier molecular flexibility index (Phi) is 4.34. The maximum atomic E-state index is 12.9. The zero-order chi connectivity index (χ0) is 15.5. The molecule has 2 aromatic rings. The summed E-state index contributed by atoms with van der Waals surface area (Å²) in [5.41, 5.74) is 1.77. The molecule has 0 unspecified atom stereocenters. The molecule has 1 heterocycles. The molecule has 1 fully saturated rings. The van der Waals surface area contributed by atoms with Crippen molar-refractivity contribution in [1.82, 2.24) is 4.90 Å². The molecular formula is C17H19NO3S. The number of hydrogen-bond acceptors (Lipinski definition) is 4. The van der Waals surface area contributed by atoms with Crippen molar-refractivity contribution >= 4 is 17.2 Å². The smallest absolute Gasteiger partial charge is 0.258 e. The molecule has 1 aliphatic rings. The summed E-state index contributed by atoms with van der Waals surface area (Å²) in [5, 5.41) is 4.13. The molecule has 116 valence electrons. The minimum absolute atomic E-state index is 0.0215. The quantitative estimate of drug-likeness (QED) is 0.817. The maximum Gasteiger partial charge on any atom is 0.258 e. The number of benzene rings is 1. The second-order valence-electron chi connectivity index (χ2n) is 5.36. The Labute approximate surface area is 134 Å². The van der Waals surface area contributed by atoms with Gasteiger partial charge in [-0.1, -0.05) is 0 Å². The Bertz CT molecular complexity index is 650. The molecule has 1 aromatic carbocycles. The van der Waals surface area contributed by atoms with Gasteiger partial charge in [0.25, 0.3) is 5.91 Å². The van der Waals surface area contributed by atoms with E-state index in [0.717, 1.165) is 12.8 Å². The zero-order valence-electron chi connectivity index (χ0n) is 12.7. The highest BCUT2D eigenvalue weighted by molar-refractivity contribution is 7.07. The highest BCUT2D eigenvalue weighted by atomic mass is 32.1. The fourth-order valence-electron chi connectivity index (χ4n) is 2.46. The van der Waals surface area contributed by atoms with E-state index in [9.17, 15) is 4.79 Å². The molecular weight excluding hydrogens is 298 g/mol. The second kappa shape index (κ2) is 6.40. The van der Waals surface area contributed by atoms with E-state index < -0.39 is 0 Å². The first-order chi connectivity index (χ1) is 10.7. The third-order valence-corrected chi connectivity index (χ3v) is 4.55. The molecule has 3 rings (SSSR count). The summed E-state index contributed by atoms with van der Waals surface area (Å²) >= 11 is 1.65. The van der Waals surface area contributed by atoms with Crippen molar-refractivity contribution in [3.63, 3.8) is 0 Å². The zero-order valence-corrected chi connectivity index (χ0v) is 13.6. The van der Waals surface area contributed by atoms with E-state index in [1.165, 1.54) is 5.56 Å². The van der Waals surface area contributed by atoms with E-state index in [1.807, 2.05) is 10.3 Å². The van der Waals surface area contributed by atoms with Gasteiger partial charge in [0.15, 0.2) is 0 Å². The first kappa shape index (κ1) is 14.9. The van der Waals surface area contributed by atoms with Crippen LogP contribution in [0.4, 0.5) is 0 Å². The number of thiophene rings is 1. The first-order valence-corrected chi connectivity index (χ1v) is 8.21. The Hall–Kier alpha value is -2.01. The summed E-state index contributed by atoms with van der Waals surface area (Å²) in [5.74, 6) is 1.26. The SMILES string of the molecule is COc1ccc(C(=O)N(Cc2ccsc2)C2CC2)c(OC)c1. The molecule has 0 N–H and O–H groups in total. The Balaban J connectivity index is 1.87. The second-order valence-corrected chi connectivity index (χ2v) is 6.14. The molecule has 4 nitrogen and oxygen atoms in total. The van der Waals surface area contributed by atoms with E-state index in [0.29, 0.717) is 29.6 Å². The fourth-order valence-corrected chi connectivity index (χ4v) is 3.12. The molecule has 0 spiro atoms. The number of ether oxygens (including phenoxy) is 2. The summed E-state index contributed by atoms with van der Waals surface area (Å²) in [6.07, 6.45) is 2.16. The predicted molar refractivity (Wildman–Crippen MR) is 86.8 cm³/mol. The van der Waals surface area contributed by atoms with Crippen molar-refractivity contribution in [2.45, 2.75) is 25.4 Å². The van der Waals surface area contributed by atoms with Crippen molar-refractivity contribution < 1.29 is 14.3 Å². The lowest BCUT2D eigenvalue weighted by Crippen LogP contribution is -2.32. The molecule has 1 aliphatic carbocycles. The van der Waals surface area contributed by atoms with Gasteiger partial charge in [-0.25, -0.2) is 0 Å². The van der Waals surface area contributed by atoms with Gasteiger partial charge in [0.05, 0.1) is 19.8 Å². The summed E-state index contributed by atoms with van der Waals surface area (Å²) in [6, 6.07) is 7.75. The van der Waals surface area contributed by atoms with Crippen LogP contribution in [0.3, 0.4) is 0 Å². The fraction of sp³-hybridized carbons (Fsp3) is 0.353. The van der Waals surface area contributed by atoms with Crippen molar-refractivity contribution in [3.8, 4) is 11.5 Å². The third-order valence-electron chi connectivity index (χ3n) is 3.82. The lowest BCUT2D eigenvalue weighted by Gasteiger charge is -2.23. The number of carbonyl (C=O) groups excluding carboxylic acids is 1. The average Bonchev–Trinajstić information content (AvgIpc) is 3.27. The van der Waals surface area contributed by atoms with Gasteiger partial charge in [0, 0.05) is 18.7 Å². The largest absolute Gasteiger partial charge is 0.497 e. The van der Waals surface area contributed by atoms with E-state index in [1.54, 1.807) is 43.8 Å². The summed E-state index contributed by atoms with van der Waals surface area (Å²) in [4.78, 5) is 14.9. The summed E-state index contributed by atoms with van der Waals surface area (Å²) < 4.78 is 10.6. The van der Waals surface area contributed by atoms with Crippen molar-refractivity contribution in [2.24, 2.45) is 0 Å². The summed E-state index contributed by atoms with van der Waals surface area (Å²) in [7, 11) is 3.18. The molecule has 1 aromatic heterocycles. The molecule has 0 aliphatic heterocycles. The van der Waals surface area contributed by atoms with Crippen LogP contribution >= 0.6 is 11.3 Å². The molecule has 0 radical (unpaired) electrons. The molecule has 5 heteroatoms. The number of amides is 1. The van der Waals surface area contributed by atoms with E-state index >= 15 is 0 Å². The van der Waals surface area contributed by atoms with Crippen LogP contribution in [-0.2, 0) is 6.54 Å². The maximum absolute atomic E-state index is 12.9. The molecule has 1 amide bonds. The highest BCUT2D eigenvalue weighted by Crippen LogP contribution is 2.33. The monoisotopic (exact) mass is 317 g/mol. The minimum Gasteiger partial charge on any atom is -0.497 e. The van der Waals surface area contributed by atoms with Crippen molar-refractivity contribution in [2.75, 3.05) is 14.2 Å². The Morgan fingerprint density at radius 3 is 2.68 bits per heavy atom.